The van der Waals surface area contributed by atoms with Crippen molar-refractivity contribution in [3.8, 4) is 0 Å². The summed E-state index contributed by atoms with van der Waals surface area (Å²) in [5.41, 5.74) is -0.0215. The lowest BCUT2D eigenvalue weighted by molar-refractivity contribution is -0.138. The summed E-state index contributed by atoms with van der Waals surface area (Å²) >= 11 is 0. The van der Waals surface area contributed by atoms with Crippen LogP contribution in [-0.2, 0) is 9.36 Å². The molecule has 4 nitrogen and oxygen atoms in total. The van der Waals surface area contributed by atoms with Gasteiger partial charge in [0.1, 0.15) is 6.04 Å². The highest BCUT2D eigenvalue weighted by atomic mass is 31.1. The van der Waals surface area contributed by atoms with Crippen molar-refractivity contribution in [3.63, 3.8) is 0 Å². The summed E-state index contributed by atoms with van der Waals surface area (Å²) in [7, 11) is -1.59. The molecule has 5 heteroatoms. The van der Waals surface area contributed by atoms with Crippen LogP contribution in [0.5, 0.6) is 0 Å². The molecule has 1 unspecified atom stereocenters. The van der Waals surface area contributed by atoms with E-state index in [1.807, 2.05) is 0 Å². The molecule has 64 valence electrons. The molecule has 0 amide bonds. The normalized spacial score (nSPS) is 14.7. The third-order valence-corrected chi connectivity index (χ3v) is 2.74. The first kappa shape index (κ1) is 10.5. The highest BCUT2D eigenvalue weighted by Crippen LogP contribution is 2.22. The van der Waals surface area contributed by atoms with E-state index in [-0.39, 0.29) is 5.66 Å². The van der Waals surface area contributed by atoms with Crippen molar-refractivity contribution < 1.29 is 14.5 Å². The van der Waals surface area contributed by atoms with Gasteiger partial charge in [-0.2, -0.15) is 0 Å². The Morgan fingerprint density at radius 3 is 2.18 bits per heavy atom. The molecule has 0 rings (SSSR count). The van der Waals surface area contributed by atoms with Gasteiger partial charge in [-0.25, -0.2) is 0 Å². The molecular formula is C6H13NO3P+. The van der Waals surface area contributed by atoms with Crippen molar-refractivity contribution in [3.05, 3.63) is 0 Å². The zero-order valence-electron chi connectivity index (χ0n) is 6.87. The van der Waals surface area contributed by atoms with E-state index in [0.717, 1.165) is 0 Å². The Kier molecular flexibility index (Phi) is 4.23. The SMILES string of the molecule is CC(C)[P+](=O)N[C@@H](C)C(=O)O. The summed E-state index contributed by atoms with van der Waals surface area (Å²) in [5, 5.41) is 10.9. The summed E-state index contributed by atoms with van der Waals surface area (Å²) in [6.45, 7) is 5.03. The van der Waals surface area contributed by atoms with Crippen LogP contribution in [0.2, 0.25) is 0 Å². The molecular weight excluding hydrogens is 165 g/mol. The minimum Gasteiger partial charge on any atom is -0.480 e. The molecule has 2 atom stereocenters. The molecule has 11 heavy (non-hydrogen) atoms. The molecule has 0 bridgehead atoms. The number of hydrogen-bond acceptors (Lipinski definition) is 2. The molecule has 0 fully saturated rings. The molecule has 0 spiro atoms. The lowest BCUT2D eigenvalue weighted by Crippen LogP contribution is -2.29. The number of carboxylic acids is 1. The molecule has 0 aliphatic heterocycles. The second kappa shape index (κ2) is 4.42. The molecule has 0 aliphatic carbocycles. The van der Waals surface area contributed by atoms with Crippen LogP contribution in [0, 0.1) is 0 Å². The first-order chi connectivity index (χ1) is 4.95. The Hall–Kier alpha value is -0.470. The Morgan fingerprint density at radius 2 is 1.91 bits per heavy atom. The number of hydrogen-bond donors (Lipinski definition) is 2. The average molecular weight is 178 g/mol. The fourth-order valence-corrected chi connectivity index (χ4v) is 1.19. The first-order valence-electron chi connectivity index (χ1n) is 3.40. The molecule has 2 N–H and O–H groups in total. The van der Waals surface area contributed by atoms with Gasteiger partial charge in [0.05, 0.1) is 0 Å². The minimum absolute atomic E-state index is 0.0215. The molecule has 0 aromatic heterocycles. The van der Waals surface area contributed by atoms with Crippen LogP contribution in [0.15, 0.2) is 0 Å². The number of carboxylic acid groups (broad SMARTS) is 1. The van der Waals surface area contributed by atoms with Crippen LogP contribution < -0.4 is 5.09 Å². The van der Waals surface area contributed by atoms with Crippen LogP contribution in [0.1, 0.15) is 20.8 Å². The standard InChI is InChI=1S/C6H12NO3P/c1-4(2)11(10)7-5(3)6(8)9/h4-5H,1-3H3,(H-,7,8,9,10)/p+1/t5-/m0/s1. The van der Waals surface area contributed by atoms with Gasteiger partial charge >= 0.3 is 13.9 Å². The topological polar surface area (TPSA) is 66.4 Å². The molecule has 0 heterocycles. The maximum Gasteiger partial charge on any atom is 0.435 e. The number of carbonyl (C=O) groups is 1. The lowest BCUT2D eigenvalue weighted by Gasteiger charge is -1.99. The van der Waals surface area contributed by atoms with Crippen molar-refractivity contribution >= 4 is 13.9 Å². The Labute approximate surface area is 66.8 Å². The fraction of sp³-hybridized carbons (Fsp3) is 0.833. The van der Waals surface area contributed by atoms with E-state index < -0.39 is 20.0 Å². The first-order valence-corrected chi connectivity index (χ1v) is 4.73. The summed E-state index contributed by atoms with van der Waals surface area (Å²) in [5.74, 6) is -0.978. The Bertz CT molecular complexity index is 169. The smallest absolute Gasteiger partial charge is 0.435 e. The highest BCUT2D eigenvalue weighted by Gasteiger charge is 2.26. The van der Waals surface area contributed by atoms with Crippen molar-refractivity contribution in [1.29, 1.82) is 0 Å². The predicted molar refractivity (Wildman–Crippen MR) is 43.0 cm³/mol. The van der Waals surface area contributed by atoms with E-state index in [1.165, 1.54) is 6.92 Å². The monoisotopic (exact) mass is 178 g/mol. The molecule has 0 radical (unpaired) electrons. The maximum absolute atomic E-state index is 11.0. The molecule has 0 saturated carbocycles. The van der Waals surface area contributed by atoms with Gasteiger partial charge in [-0.05, 0) is 20.8 Å². The number of nitrogens with one attached hydrogen (secondary N) is 1. The molecule has 0 aliphatic rings. The summed E-state index contributed by atoms with van der Waals surface area (Å²) in [4.78, 5) is 10.3. The van der Waals surface area contributed by atoms with Gasteiger partial charge in [-0.3, -0.25) is 4.79 Å². The van der Waals surface area contributed by atoms with Crippen LogP contribution in [-0.4, -0.2) is 22.8 Å². The van der Waals surface area contributed by atoms with Crippen LogP contribution in [0.3, 0.4) is 0 Å². The Morgan fingerprint density at radius 1 is 1.45 bits per heavy atom. The average Bonchev–Trinajstić information content (AvgIpc) is 1.87. The summed E-state index contributed by atoms with van der Waals surface area (Å²) < 4.78 is 11.0. The van der Waals surface area contributed by atoms with E-state index in [0.29, 0.717) is 0 Å². The lowest BCUT2D eigenvalue weighted by atomic mass is 10.4. The van der Waals surface area contributed by atoms with Crippen LogP contribution in [0.25, 0.3) is 0 Å². The van der Waals surface area contributed by atoms with Gasteiger partial charge in [-0.1, -0.05) is 9.65 Å². The third-order valence-electron chi connectivity index (χ3n) is 1.16. The zero-order chi connectivity index (χ0) is 9.02. The van der Waals surface area contributed by atoms with Gasteiger partial charge in [0.25, 0.3) is 0 Å². The third kappa shape index (κ3) is 4.06. The highest BCUT2D eigenvalue weighted by molar-refractivity contribution is 7.43. The Balaban J connectivity index is 3.85. The van der Waals surface area contributed by atoms with E-state index in [1.54, 1.807) is 13.8 Å². The van der Waals surface area contributed by atoms with Gasteiger partial charge in [-0.15, -0.1) is 0 Å². The second-order valence-corrected chi connectivity index (χ2v) is 4.55. The minimum atomic E-state index is -1.59. The van der Waals surface area contributed by atoms with Crippen LogP contribution >= 0.6 is 7.95 Å². The second-order valence-electron chi connectivity index (χ2n) is 2.61. The largest absolute Gasteiger partial charge is 0.480 e. The molecule has 0 saturated heterocycles. The summed E-state index contributed by atoms with van der Waals surface area (Å²) in [6.07, 6.45) is 0. The van der Waals surface area contributed by atoms with Crippen molar-refractivity contribution in [1.82, 2.24) is 5.09 Å². The van der Waals surface area contributed by atoms with E-state index >= 15 is 0 Å². The maximum atomic E-state index is 11.0. The fourth-order valence-electron chi connectivity index (χ4n) is 0.395. The van der Waals surface area contributed by atoms with Gasteiger partial charge in [0.2, 0.25) is 0 Å². The van der Waals surface area contributed by atoms with E-state index in [2.05, 4.69) is 5.09 Å². The van der Waals surface area contributed by atoms with Crippen LogP contribution in [0.4, 0.5) is 0 Å². The van der Waals surface area contributed by atoms with Crippen molar-refractivity contribution in [2.24, 2.45) is 0 Å². The quantitative estimate of drug-likeness (QED) is 0.635. The van der Waals surface area contributed by atoms with Crippen molar-refractivity contribution in [2.75, 3.05) is 0 Å². The zero-order valence-corrected chi connectivity index (χ0v) is 7.76. The van der Waals surface area contributed by atoms with Gasteiger partial charge in [0, 0.05) is 0 Å². The van der Waals surface area contributed by atoms with Crippen molar-refractivity contribution in [2.45, 2.75) is 32.5 Å². The number of rotatable bonds is 4. The van der Waals surface area contributed by atoms with Gasteiger partial charge < -0.3 is 5.11 Å². The molecule has 0 aromatic carbocycles. The van der Waals surface area contributed by atoms with E-state index in [4.69, 9.17) is 5.11 Å². The van der Waals surface area contributed by atoms with E-state index in [9.17, 15) is 9.36 Å². The number of aliphatic carboxylic acids is 1. The van der Waals surface area contributed by atoms with Gasteiger partial charge in [0.15, 0.2) is 5.66 Å². The summed E-state index contributed by atoms with van der Waals surface area (Å²) in [6, 6.07) is -0.735. The molecule has 0 aromatic rings. The predicted octanol–water partition coefficient (Wildman–Crippen LogP) is 1.20.